The minimum absolute atomic E-state index is 0.240. The summed E-state index contributed by atoms with van der Waals surface area (Å²) >= 11 is 20.1. The molecule has 152 valence electrons. The molecule has 2 aromatic heterocycles. The van der Waals surface area contributed by atoms with Crippen molar-refractivity contribution in [2.24, 2.45) is 0 Å². The lowest BCUT2D eigenvalue weighted by molar-refractivity contribution is 0.0946. The average molecular weight is 477 g/mol. The van der Waals surface area contributed by atoms with E-state index in [0.717, 1.165) is 16.1 Å². The third-order valence-corrected chi connectivity index (χ3v) is 6.29. The summed E-state index contributed by atoms with van der Waals surface area (Å²) in [4.78, 5) is 14.0. The van der Waals surface area contributed by atoms with Gasteiger partial charge in [-0.3, -0.25) is 4.79 Å². The Bertz CT molecular complexity index is 1190. The van der Waals surface area contributed by atoms with Crippen molar-refractivity contribution in [2.75, 3.05) is 6.54 Å². The van der Waals surface area contributed by atoms with Crippen molar-refractivity contribution in [2.45, 2.75) is 6.42 Å². The summed E-state index contributed by atoms with van der Waals surface area (Å²) in [6.45, 7) is 0.419. The second kappa shape index (κ2) is 9.23. The Morgan fingerprint density at radius 1 is 1.00 bits per heavy atom. The summed E-state index contributed by atoms with van der Waals surface area (Å²) in [5.41, 5.74) is 2.69. The largest absolute Gasteiger partial charge is 0.350 e. The Hall–Kier alpha value is -2.31. The molecule has 30 heavy (non-hydrogen) atoms. The summed E-state index contributed by atoms with van der Waals surface area (Å²) in [6, 6.07) is 18.3. The number of hydrogen-bond donors (Lipinski definition) is 1. The van der Waals surface area contributed by atoms with E-state index in [-0.39, 0.29) is 5.91 Å². The maximum atomic E-state index is 13.0. The maximum absolute atomic E-state index is 13.0. The molecule has 4 nitrogen and oxygen atoms in total. The van der Waals surface area contributed by atoms with E-state index in [1.54, 1.807) is 40.3 Å². The van der Waals surface area contributed by atoms with Crippen LogP contribution in [0.25, 0.3) is 16.3 Å². The molecule has 0 saturated heterocycles. The van der Waals surface area contributed by atoms with Gasteiger partial charge in [-0.1, -0.05) is 59.1 Å². The quantitative estimate of drug-likeness (QED) is 0.344. The highest BCUT2D eigenvalue weighted by molar-refractivity contribution is 7.13. The van der Waals surface area contributed by atoms with Crippen molar-refractivity contribution in [3.63, 3.8) is 0 Å². The average Bonchev–Trinajstić information content (AvgIpc) is 3.39. The van der Waals surface area contributed by atoms with Crippen LogP contribution in [-0.4, -0.2) is 22.2 Å². The minimum atomic E-state index is -0.240. The monoisotopic (exact) mass is 475 g/mol. The molecule has 0 radical (unpaired) electrons. The molecule has 0 aliphatic rings. The number of carbonyl (C=O) groups is 1. The zero-order valence-corrected chi connectivity index (χ0v) is 18.7. The van der Waals surface area contributed by atoms with Gasteiger partial charge in [0.1, 0.15) is 11.4 Å². The summed E-state index contributed by atoms with van der Waals surface area (Å²) in [7, 11) is 0. The van der Waals surface area contributed by atoms with Crippen molar-refractivity contribution in [3.05, 3.63) is 92.4 Å². The standard InChI is InChI=1S/C22H16Cl3N3OS/c23-15-8-7-14(17(25)12-15)9-10-26-22(29)20-13-18(21-6-3-11-30-21)27-28(20)19-5-2-1-4-16(19)24/h1-8,11-13H,9-10H2,(H,26,29). The fraction of sp³-hybridized carbons (Fsp3) is 0.0909. The van der Waals surface area contributed by atoms with Gasteiger partial charge in [-0.15, -0.1) is 11.3 Å². The lowest BCUT2D eigenvalue weighted by Gasteiger charge is -2.10. The van der Waals surface area contributed by atoms with E-state index in [1.807, 2.05) is 41.8 Å². The van der Waals surface area contributed by atoms with Crippen LogP contribution in [0.15, 0.2) is 66.0 Å². The number of carbonyl (C=O) groups excluding carboxylic acids is 1. The number of thiophene rings is 1. The fourth-order valence-corrected chi connectivity index (χ4v) is 4.42. The topological polar surface area (TPSA) is 46.9 Å². The van der Waals surface area contributed by atoms with Crippen molar-refractivity contribution >= 4 is 52.0 Å². The van der Waals surface area contributed by atoms with Crippen LogP contribution in [0.2, 0.25) is 15.1 Å². The SMILES string of the molecule is O=C(NCCc1ccc(Cl)cc1Cl)c1cc(-c2cccs2)nn1-c1ccccc1Cl. The molecule has 2 aromatic carbocycles. The molecule has 2 heterocycles. The summed E-state index contributed by atoms with van der Waals surface area (Å²) in [5.74, 6) is -0.240. The van der Waals surface area contributed by atoms with E-state index >= 15 is 0 Å². The molecule has 0 unspecified atom stereocenters. The molecule has 0 spiro atoms. The van der Waals surface area contributed by atoms with Gasteiger partial charge in [0.25, 0.3) is 5.91 Å². The Morgan fingerprint density at radius 2 is 1.83 bits per heavy atom. The minimum Gasteiger partial charge on any atom is -0.350 e. The molecule has 0 bridgehead atoms. The molecule has 0 atom stereocenters. The van der Waals surface area contributed by atoms with E-state index < -0.39 is 0 Å². The van der Waals surface area contributed by atoms with Crippen LogP contribution in [0.5, 0.6) is 0 Å². The van der Waals surface area contributed by atoms with Crippen molar-refractivity contribution in [3.8, 4) is 16.3 Å². The van der Waals surface area contributed by atoms with Crippen LogP contribution >= 0.6 is 46.1 Å². The molecule has 0 saturated carbocycles. The number of halogens is 3. The van der Waals surface area contributed by atoms with Crippen LogP contribution < -0.4 is 5.32 Å². The highest BCUT2D eigenvalue weighted by Crippen LogP contribution is 2.28. The first-order valence-corrected chi connectivity index (χ1v) is 11.2. The first kappa shape index (κ1) is 20.9. The van der Waals surface area contributed by atoms with Crippen molar-refractivity contribution < 1.29 is 4.79 Å². The summed E-state index contributed by atoms with van der Waals surface area (Å²) < 4.78 is 1.59. The van der Waals surface area contributed by atoms with Gasteiger partial charge >= 0.3 is 0 Å². The van der Waals surface area contributed by atoms with Gasteiger partial charge in [0.2, 0.25) is 0 Å². The molecule has 0 aliphatic heterocycles. The van der Waals surface area contributed by atoms with Gasteiger partial charge in [-0.2, -0.15) is 5.10 Å². The van der Waals surface area contributed by atoms with E-state index in [4.69, 9.17) is 34.8 Å². The number of nitrogens with one attached hydrogen (secondary N) is 1. The van der Waals surface area contributed by atoms with Crippen LogP contribution in [0.4, 0.5) is 0 Å². The highest BCUT2D eigenvalue weighted by atomic mass is 35.5. The molecule has 4 aromatic rings. The molecule has 8 heteroatoms. The number of hydrogen-bond acceptors (Lipinski definition) is 3. The third kappa shape index (κ3) is 4.55. The van der Waals surface area contributed by atoms with Crippen molar-refractivity contribution in [1.82, 2.24) is 15.1 Å². The van der Waals surface area contributed by atoms with Gasteiger partial charge < -0.3 is 5.32 Å². The van der Waals surface area contributed by atoms with Gasteiger partial charge in [0, 0.05) is 16.6 Å². The number of rotatable bonds is 6. The van der Waals surface area contributed by atoms with Gasteiger partial charge in [0.05, 0.1) is 15.6 Å². The smallest absolute Gasteiger partial charge is 0.270 e. The molecule has 1 amide bonds. The maximum Gasteiger partial charge on any atom is 0.270 e. The molecule has 4 rings (SSSR count). The van der Waals surface area contributed by atoms with Crippen LogP contribution in [-0.2, 0) is 6.42 Å². The predicted molar refractivity (Wildman–Crippen MR) is 124 cm³/mol. The highest BCUT2D eigenvalue weighted by Gasteiger charge is 2.19. The first-order valence-electron chi connectivity index (χ1n) is 9.14. The predicted octanol–water partition coefficient (Wildman–Crippen LogP) is 6.53. The Labute approximate surface area is 193 Å². The second-order valence-corrected chi connectivity index (χ2v) is 8.70. The Kier molecular flexibility index (Phi) is 6.44. The molecular formula is C22H16Cl3N3OS. The lowest BCUT2D eigenvalue weighted by atomic mass is 10.1. The third-order valence-electron chi connectivity index (χ3n) is 4.49. The van der Waals surface area contributed by atoms with E-state index in [9.17, 15) is 4.79 Å². The van der Waals surface area contributed by atoms with E-state index in [0.29, 0.717) is 39.4 Å². The van der Waals surface area contributed by atoms with Gasteiger partial charge in [-0.25, -0.2) is 4.68 Å². The number of amides is 1. The number of para-hydroxylation sites is 1. The Morgan fingerprint density at radius 3 is 2.57 bits per heavy atom. The Balaban J connectivity index is 1.59. The van der Waals surface area contributed by atoms with Gasteiger partial charge in [-0.05, 0) is 53.8 Å². The van der Waals surface area contributed by atoms with Crippen LogP contribution in [0.3, 0.4) is 0 Å². The van der Waals surface area contributed by atoms with Crippen LogP contribution in [0, 0.1) is 0 Å². The van der Waals surface area contributed by atoms with E-state index in [1.165, 1.54) is 0 Å². The second-order valence-electron chi connectivity index (χ2n) is 6.50. The zero-order chi connectivity index (χ0) is 21.1. The zero-order valence-electron chi connectivity index (χ0n) is 15.6. The number of aromatic nitrogens is 2. The molecular weight excluding hydrogens is 461 g/mol. The summed E-state index contributed by atoms with van der Waals surface area (Å²) in [5, 5.41) is 11.2. The molecule has 0 aliphatic carbocycles. The summed E-state index contributed by atoms with van der Waals surface area (Å²) in [6.07, 6.45) is 0.583. The van der Waals surface area contributed by atoms with Crippen LogP contribution in [0.1, 0.15) is 16.1 Å². The lowest BCUT2D eigenvalue weighted by Crippen LogP contribution is -2.28. The van der Waals surface area contributed by atoms with E-state index in [2.05, 4.69) is 10.4 Å². The molecule has 0 fully saturated rings. The molecule has 1 N–H and O–H groups in total. The van der Waals surface area contributed by atoms with Crippen molar-refractivity contribution in [1.29, 1.82) is 0 Å². The first-order chi connectivity index (χ1) is 14.5. The van der Waals surface area contributed by atoms with Gasteiger partial charge in [0.15, 0.2) is 0 Å². The number of nitrogens with zero attached hydrogens (tertiary/aromatic N) is 2. The number of benzene rings is 2. The normalized spacial score (nSPS) is 10.9. The fourth-order valence-electron chi connectivity index (χ4n) is 3.02.